The molecule has 0 radical (unpaired) electrons. The molecule has 0 saturated heterocycles. The molecule has 6 heteroatoms. The highest BCUT2D eigenvalue weighted by molar-refractivity contribution is 6.31. The van der Waals surface area contributed by atoms with Crippen LogP contribution in [0.15, 0.2) is 6.20 Å². The standard InChI is InChI=1S/C9H17ClN4O/c1-3-14-9(7(10)6-12-14)8(13-11)4-5-15-2/h6,8,13H,3-5,11H2,1-2H3. The lowest BCUT2D eigenvalue weighted by atomic mass is 10.1. The summed E-state index contributed by atoms with van der Waals surface area (Å²) in [6, 6.07) is -0.0279. The number of aryl methyl sites for hydroxylation is 1. The van der Waals surface area contributed by atoms with Gasteiger partial charge in [-0.2, -0.15) is 5.10 Å². The Balaban J connectivity index is 2.84. The van der Waals surface area contributed by atoms with E-state index in [1.54, 1.807) is 13.3 Å². The average molecular weight is 233 g/mol. The average Bonchev–Trinajstić information content (AvgIpc) is 2.62. The van der Waals surface area contributed by atoms with E-state index in [4.69, 9.17) is 22.2 Å². The van der Waals surface area contributed by atoms with E-state index in [0.717, 1.165) is 18.7 Å². The van der Waals surface area contributed by atoms with Gasteiger partial charge >= 0.3 is 0 Å². The number of nitrogens with zero attached hydrogens (tertiary/aromatic N) is 2. The Kier molecular flexibility index (Phi) is 5.04. The monoisotopic (exact) mass is 232 g/mol. The Morgan fingerprint density at radius 2 is 2.47 bits per heavy atom. The van der Waals surface area contributed by atoms with Crippen LogP contribution in [0.3, 0.4) is 0 Å². The maximum absolute atomic E-state index is 6.06. The highest BCUT2D eigenvalue weighted by atomic mass is 35.5. The van der Waals surface area contributed by atoms with Crippen LogP contribution in [-0.4, -0.2) is 23.5 Å². The Labute approximate surface area is 94.5 Å². The van der Waals surface area contributed by atoms with Gasteiger partial charge in [-0.1, -0.05) is 11.6 Å². The molecule has 0 aliphatic rings. The quantitative estimate of drug-likeness (QED) is 0.570. The summed E-state index contributed by atoms with van der Waals surface area (Å²) in [6.45, 7) is 3.41. The van der Waals surface area contributed by atoms with Gasteiger partial charge in [-0.05, 0) is 13.3 Å². The molecule has 5 nitrogen and oxygen atoms in total. The number of hydrogen-bond acceptors (Lipinski definition) is 4. The number of nitrogens with two attached hydrogens (primary N) is 1. The van der Waals surface area contributed by atoms with Crippen LogP contribution in [0, 0.1) is 0 Å². The summed E-state index contributed by atoms with van der Waals surface area (Å²) in [4.78, 5) is 0. The zero-order chi connectivity index (χ0) is 11.3. The molecule has 1 unspecified atom stereocenters. The van der Waals surface area contributed by atoms with Gasteiger partial charge in [0.15, 0.2) is 0 Å². The number of ether oxygens (including phenoxy) is 1. The third kappa shape index (κ3) is 2.92. The molecular weight excluding hydrogens is 216 g/mol. The van der Waals surface area contributed by atoms with Crippen molar-refractivity contribution in [1.82, 2.24) is 15.2 Å². The van der Waals surface area contributed by atoms with Crippen LogP contribution in [0.2, 0.25) is 5.02 Å². The SMILES string of the molecule is CCn1ncc(Cl)c1C(CCOC)NN. The van der Waals surface area contributed by atoms with Crippen molar-refractivity contribution >= 4 is 11.6 Å². The third-order valence-corrected chi connectivity index (χ3v) is 2.57. The molecule has 0 bridgehead atoms. The van der Waals surface area contributed by atoms with Crippen LogP contribution >= 0.6 is 11.6 Å². The number of aromatic nitrogens is 2. The molecule has 1 heterocycles. The van der Waals surface area contributed by atoms with E-state index in [2.05, 4.69) is 10.5 Å². The molecular formula is C9H17ClN4O. The van der Waals surface area contributed by atoms with Gasteiger partial charge in [0.25, 0.3) is 0 Å². The van der Waals surface area contributed by atoms with Crippen LogP contribution in [0.4, 0.5) is 0 Å². The number of hydrazine groups is 1. The molecule has 86 valence electrons. The molecule has 0 aliphatic heterocycles. The van der Waals surface area contributed by atoms with Crippen LogP contribution in [0.5, 0.6) is 0 Å². The van der Waals surface area contributed by atoms with Gasteiger partial charge < -0.3 is 4.74 Å². The van der Waals surface area contributed by atoms with E-state index in [9.17, 15) is 0 Å². The predicted molar refractivity (Wildman–Crippen MR) is 59.5 cm³/mol. The zero-order valence-electron chi connectivity index (χ0n) is 9.03. The minimum absolute atomic E-state index is 0.0279. The largest absolute Gasteiger partial charge is 0.385 e. The molecule has 0 aromatic carbocycles. The number of nitrogens with one attached hydrogen (secondary N) is 1. The minimum atomic E-state index is -0.0279. The molecule has 1 aromatic heterocycles. The summed E-state index contributed by atoms with van der Waals surface area (Å²) >= 11 is 6.06. The first-order chi connectivity index (χ1) is 7.24. The molecule has 15 heavy (non-hydrogen) atoms. The van der Waals surface area contributed by atoms with Crippen molar-refractivity contribution in [2.24, 2.45) is 5.84 Å². The first-order valence-electron chi connectivity index (χ1n) is 4.90. The summed E-state index contributed by atoms with van der Waals surface area (Å²) in [5, 5.41) is 4.79. The molecule has 0 spiro atoms. The normalized spacial score (nSPS) is 13.1. The highest BCUT2D eigenvalue weighted by Gasteiger charge is 2.18. The van der Waals surface area contributed by atoms with Crippen LogP contribution in [0.1, 0.15) is 25.1 Å². The van der Waals surface area contributed by atoms with E-state index in [0.29, 0.717) is 11.6 Å². The summed E-state index contributed by atoms with van der Waals surface area (Å²) in [5.41, 5.74) is 3.65. The summed E-state index contributed by atoms with van der Waals surface area (Å²) in [6.07, 6.45) is 2.40. The minimum Gasteiger partial charge on any atom is -0.385 e. The summed E-state index contributed by atoms with van der Waals surface area (Å²) in [5.74, 6) is 5.49. The molecule has 0 saturated carbocycles. The van der Waals surface area contributed by atoms with E-state index in [1.807, 2.05) is 11.6 Å². The molecule has 0 aliphatic carbocycles. The fraction of sp³-hybridized carbons (Fsp3) is 0.667. The molecule has 0 fully saturated rings. The molecule has 1 atom stereocenters. The first kappa shape index (κ1) is 12.4. The Bertz CT molecular complexity index is 302. The maximum atomic E-state index is 6.06. The van der Waals surface area contributed by atoms with Gasteiger partial charge in [-0.3, -0.25) is 16.0 Å². The smallest absolute Gasteiger partial charge is 0.0834 e. The van der Waals surface area contributed by atoms with Crippen molar-refractivity contribution in [2.45, 2.75) is 25.9 Å². The Morgan fingerprint density at radius 3 is 3.00 bits per heavy atom. The fourth-order valence-electron chi connectivity index (χ4n) is 1.51. The van der Waals surface area contributed by atoms with Crippen LogP contribution in [-0.2, 0) is 11.3 Å². The number of methoxy groups -OCH3 is 1. The number of rotatable bonds is 6. The summed E-state index contributed by atoms with van der Waals surface area (Å²) < 4.78 is 6.85. The highest BCUT2D eigenvalue weighted by Crippen LogP contribution is 2.24. The second-order valence-corrected chi connectivity index (χ2v) is 3.60. The van der Waals surface area contributed by atoms with Gasteiger partial charge in [0.2, 0.25) is 0 Å². The van der Waals surface area contributed by atoms with Crippen molar-refractivity contribution in [3.8, 4) is 0 Å². The fourth-order valence-corrected chi connectivity index (χ4v) is 1.78. The Hall–Kier alpha value is -0.620. The van der Waals surface area contributed by atoms with E-state index in [-0.39, 0.29) is 6.04 Å². The topological polar surface area (TPSA) is 65.1 Å². The van der Waals surface area contributed by atoms with E-state index < -0.39 is 0 Å². The van der Waals surface area contributed by atoms with Crippen molar-refractivity contribution in [3.05, 3.63) is 16.9 Å². The van der Waals surface area contributed by atoms with Gasteiger partial charge in [-0.25, -0.2) is 0 Å². The van der Waals surface area contributed by atoms with E-state index >= 15 is 0 Å². The van der Waals surface area contributed by atoms with Crippen molar-refractivity contribution in [2.75, 3.05) is 13.7 Å². The lowest BCUT2D eigenvalue weighted by Crippen LogP contribution is -2.31. The molecule has 3 N–H and O–H groups in total. The molecule has 0 amide bonds. The lowest BCUT2D eigenvalue weighted by Gasteiger charge is -2.17. The van der Waals surface area contributed by atoms with Gasteiger partial charge in [0.1, 0.15) is 0 Å². The van der Waals surface area contributed by atoms with Gasteiger partial charge in [0.05, 0.1) is 23.0 Å². The van der Waals surface area contributed by atoms with Gasteiger partial charge in [-0.15, -0.1) is 0 Å². The predicted octanol–water partition coefficient (Wildman–Crippen LogP) is 1.10. The first-order valence-corrected chi connectivity index (χ1v) is 5.28. The second kappa shape index (κ2) is 6.07. The lowest BCUT2D eigenvalue weighted by molar-refractivity contribution is 0.181. The second-order valence-electron chi connectivity index (χ2n) is 3.19. The van der Waals surface area contributed by atoms with E-state index in [1.165, 1.54) is 0 Å². The maximum Gasteiger partial charge on any atom is 0.0834 e. The Morgan fingerprint density at radius 1 is 1.73 bits per heavy atom. The zero-order valence-corrected chi connectivity index (χ0v) is 9.79. The number of hydrogen-bond donors (Lipinski definition) is 2. The van der Waals surface area contributed by atoms with Crippen LogP contribution < -0.4 is 11.3 Å². The summed E-state index contributed by atoms with van der Waals surface area (Å²) in [7, 11) is 1.66. The molecule has 1 rings (SSSR count). The number of halogens is 1. The van der Waals surface area contributed by atoms with Crippen molar-refractivity contribution in [3.63, 3.8) is 0 Å². The van der Waals surface area contributed by atoms with Crippen LogP contribution in [0.25, 0.3) is 0 Å². The third-order valence-electron chi connectivity index (χ3n) is 2.27. The van der Waals surface area contributed by atoms with Gasteiger partial charge in [0, 0.05) is 20.3 Å². The van der Waals surface area contributed by atoms with Crippen molar-refractivity contribution < 1.29 is 4.74 Å². The molecule has 1 aromatic rings. The van der Waals surface area contributed by atoms with Crippen molar-refractivity contribution in [1.29, 1.82) is 0 Å².